The predicted molar refractivity (Wildman–Crippen MR) is 66.5 cm³/mol. The second kappa shape index (κ2) is 4.43. The number of aliphatic hydroxyl groups is 2. The lowest BCUT2D eigenvalue weighted by molar-refractivity contribution is 0.173. The Kier molecular flexibility index (Phi) is 3.13. The fourth-order valence-electron chi connectivity index (χ4n) is 1.87. The minimum absolute atomic E-state index is 0.123. The quantitative estimate of drug-likeness (QED) is 0.796. The first-order valence-corrected chi connectivity index (χ1v) is 5.59. The van der Waals surface area contributed by atoms with E-state index in [1.807, 2.05) is 18.2 Å². The predicted octanol–water partition coefficient (Wildman–Crippen LogP) is 2.82. The minimum Gasteiger partial charge on any atom is -0.504 e. The van der Waals surface area contributed by atoms with Crippen LogP contribution in [0.3, 0.4) is 0 Å². The molecule has 1 aromatic rings. The molecule has 1 aliphatic carbocycles. The zero-order valence-electron chi connectivity index (χ0n) is 9.35. The first kappa shape index (κ1) is 12.0. The van der Waals surface area contributed by atoms with E-state index in [9.17, 15) is 10.2 Å². The topological polar surface area (TPSA) is 49.7 Å². The van der Waals surface area contributed by atoms with Gasteiger partial charge < -0.3 is 14.9 Å². The third kappa shape index (κ3) is 2.16. The van der Waals surface area contributed by atoms with Crippen LogP contribution in [0.1, 0.15) is 12.0 Å². The molecule has 0 aliphatic heterocycles. The Bertz CT molecular complexity index is 475. The number of hydrogen-bond donors (Lipinski definition) is 2. The van der Waals surface area contributed by atoms with Gasteiger partial charge in [-0.1, -0.05) is 41.9 Å². The highest BCUT2D eigenvalue weighted by Gasteiger charge is 2.36. The van der Waals surface area contributed by atoms with E-state index in [4.69, 9.17) is 16.3 Å². The number of aliphatic hydroxyl groups excluding tert-OH is 1. The van der Waals surface area contributed by atoms with Crippen LogP contribution in [0.15, 0.2) is 47.9 Å². The van der Waals surface area contributed by atoms with E-state index < -0.39 is 5.06 Å². The van der Waals surface area contributed by atoms with Gasteiger partial charge in [-0.15, -0.1) is 0 Å². The van der Waals surface area contributed by atoms with Gasteiger partial charge in [-0.05, 0) is 11.6 Å². The lowest BCUT2D eigenvalue weighted by Gasteiger charge is -2.28. The van der Waals surface area contributed by atoms with Crippen molar-refractivity contribution < 1.29 is 14.9 Å². The van der Waals surface area contributed by atoms with Gasteiger partial charge in [0.15, 0.2) is 16.6 Å². The molecule has 3 nitrogen and oxygen atoms in total. The van der Waals surface area contributed by atoms with Crippen LogP contribution in [-0.4, -0.2) is 22.4 Å². The summed E-state index contributed by atoms with van der Waals surface area (Å²) in [6.07, 6.45) is 1.75. The molecule has 0 amide bonds. The summed E-state index contributed by atoms with van der Waals surface area (Å²) in [5.74, 6) is 0.205. The maximum atomic E-state index is 10.1. The highest BCUT2D eigenvalue weighted by molar-refractivity contribution is 6.29. The molecule has 1 aromatic carbocycles. The van der Waals surface area contributed by atoms with Gasteiger partial charge in [0, 0.05) is 6.42 Å². The average molecular weight is 253 g/mol. The van der Waals surface area contributed by atoms with Gasteiger partial charge in [0.1, 0.15) is 0 Å². The Hall–Kier alpha value is -1.45. The van der Waals surface area contributed by atoms with E-state index in [0.717, 1.165) is 0 Å². The van der Waals surface area contributed by atoms with E-state index in [0.29, 0.717) is 11.3 Å². The summed E-state index contributed by atoms with van der Waals surface area (Å²) in [6, 6.07) is 9.03. The standard InChI is InChI=1S/C13H13ClO3/c1-17-10-7-8-13(14,16)11(12(10)15)9-5-3-2-4-6-9/h2-7,15-16H,8H2,1H3. The first-order valence-electron chi connectivity index (χ1n) is 5.21. The molecule has 1 atom stereocenters. The molecule has 0 radical (unpaired) electrons. The van der Waals surface area contributed by atoms with Crippen molar-refractivity contribution >= 4 is 17.2 Å². The number of benzene rings is 1. The molecule has 0 bridgehead atoms. The lowest BCUT2D eigenvalue weighted by Crippen LogP contribution is -2.27. The third-order valence-corrected chi connectivity index (χ3v) is 3.04. The molecule has 1 aliphatic rings. The summed E-state index contributed by atoms with van der Waals surface area (Å²) in [7, 11) is 1.46. The Morgan fingerprint density at radius 2 is 1.94 bits per heavy atom. The fraction of sp³-hybridized carbons (Fsp3) is 0.231. The van der Waals surface area contributed by atoms with Crippen molar-refractivity contribution in [3.63, 3.8) is 0 Å². The molecular weight excluding hydrogens is 240 g/mol. The molecule has 17 heavy (non-hydrogen) atoms. The minimum atomic E-state index is -1.60. The van der Waals surface area contributed by atoms with E-state index in [1.165, 1.54) is 7.11 Å². The second-order valence-electron chi connectivity index (χ2n) is 3.83. The average Bonchev–Trinajstić information content (AvgIpc) is 2.30. The maximum Gasteiger partial charge on any atom is 0.172 e. The van der Waals surface area contributed by atoms with Gasteiger partial charge >= 0.3 is 0 Å². The fourth-order valence-corrected chi connectivity index (χ4v) is 2.15. The monoisotopic (exact) mass is 252 g/mol. The molecule has 0 saturated carbocycles. The van der Waals surface area contributed by atoms with Gasteiger partial charge in [-0.25, -0.2) is 0 Å². The van der Waals surface area contributed by atoms with Crippen molar-refractivity contribution in [1.82, 2.24) is 0 Å². The Morgan fingerprint density at radius 3 is 2.53 bits per heavy atom. The van der Waals surface area contributed by atoms with Crippen LogP contribution in [0.25, 0.3) is 5.57 Å². The summed E-state index contributed by atoms with van der Waals surface area (Å²) >= 11 is 6.03. The van der Waals surface area contributed by atoms with Gasteiger partial charge in [-0.3, -0.25) is 0 Å². The van der Waals surface area contributed by atoms with Crippen molar-refractivity contribution in [2.24, 2.45) is 0 Å². The summed E-state index contributed by atoms with van der Waals surface area (Å²) in [6.45, 7) is 0. The van der Waals surface area contributed by atoms with Crippen LogP contribution >= 0.6 is 11.6 Å². The smallest absolute Gasteiger partial charge is 0.172 e. The molecule has 0 saturated heterocycles. The van der Waals surface area contributed by atoms with Crippen LogP contribution in [0.5, 0.6) is 0 Å². The van der Waals surface area contributed by atoms with E-state index >= 15 is 0 Å². The molecule has 2 rings (SSSR count). The van der Waals surface area contributed by atoms with Crippen molar-refractivity contribution in [2.75, 3.05) is 7.11 Å². The van der Waals surface area contributed by atoms with E-state index in [-0.39, 0.29) is 17.8 Å². The third-order valence-electron chi connectivity index (χ3n) is 2.69. The van der Waals surface area contributed by atoms with Crippen molar-refractivity contribution in [2.45, 2.75) is 11.5 Å². The largest absolute Gasteiger partial charge is 0.504 e. The lowest BCUT2D eigenvalue weighted by atomic mass is 9.92. The molecule has 4 heteroatoms. The Labute approximate surface area is 105 Å². The molecular formula is C13H13ClO3. The summed E-state index contributed by atoms with van der Waals surface area (Å²) in [5, 5.41) is 18.6. The Balaban J connectivity index is 2.57. The number of methoxy groups -OCH3 is 1. The van der Waals surface area contributed by atoms with Crippen LogP contribution < -0.4 is 0 Å². The molecule has 1 unspecified atom stereocenters. The SMILES string of the molecule is COC1=CCC(O)(Cl)C(c2ccccc2)=C1O. The zero-order chi connectivity index (χ0) is 12.5. The van der Waals surface area contributed by atoms with Crippen molar-refractivity contribution in [1.29, 1.82) is 0 Å². The summed E-state index contributed by atoms with van der Waals surface area (Å²) in [5.41, 5.74) is 0.948. The van der Waals surface area contributed by atoms with Crippen molar-refractivity contribution in [3.05, 3.63) is 53.5 Å². The normalized spacial score (nSPS) is 24.5. The summed E-state index contributed by atoms with van der Waals surface area (Å²) < 4.78 is 5.03. The van der Waals surface area contributed by atoms with Gasteiger partial charge in [0.25, 0.3) is 0 Å². The first-order chi connectivity index (χ1) is 8.06. The number of rotatable bonds is 2. The molecule has 90 valence electrons. The van der Waals surface area contributed by atoms with Crippen LogP contribution in [0, 0.1) is 0 Å². The van der Waals surface area contributed by atoms with Crippen LogP contribution in [0.2, 0.25) is 0 Å². The molecule has 0 spiro atoms. The Morgan fingerprint density at radius 1 is 1.29 bits per heavy atom. The summed E-state index contributed by atoms with van der Waals surface area (Å²) in [4.78, 5) is 0. The highest BCUT2D eigenvalue weighted by atomic mass is 35.5. The van der Waals surface area contributed by atoms with Crippen molar-refractivity contribution in [3.8, 4) is 0 Å². The number of halogens is 1. The zero-order valence-corrected chi connectivity index (χ0v) is 10.1. The molecule has 0 aromatic heterocycles. The second-order valence-corrected chi connectivity index (χ2v) is 4.45. The molecule has 0 heterocycles. The van der Waals surface area contributed by atoms with Gasteiger partial charge in [-0.2, -0.15) is 0 Å². The maximum absolute atomic E-state index is 10.1. The van der Waals surface area contributed by atoms with Gasteiger partial charge in [0.2, 0.25) is 0 Å². The number of ether oxygens (including phenoxy) is 1. The molecule has 2 N–H and O–H groups in total. The molecule has 0 fully saturated rings. The van der Waals surface area contributed by atoms with Gasteiger partial charge in [0.05, 0.1) is 12.7 Å². The van der Waals surface area contributed by atoms with Crippen LogP contribution in [0.4, 0.5) is 0 Å². The highest BCUT2D eigenvalue weighted by Crippen LogP contribution is 2.41. The number of hydrogen-bond acceptors (Lipinski definition) is 3. The van der Waals surface area contributed by atoms with E-state index in [2.05, 4.69) is 0 Å². The van der Waals surface area contributed by atoms with Crippen LogP contribution in [-0.2, 0) is 4.74 Å². The van der Waals surface area contributed by atoms with E-state index in [1.54, 1.807) is 18.2 Å². The number of alkyl halides is 1.